The van der Waals surface area contributed by atoms with Crippen molar-refractivity contribution in [2.45, 2.75) is 31.2 Å². The van der Waals surface area contributed by atoms with Crippen molar-refractivity contribution in [1.29, 1.82) is 0 Å². The zero-order valence-electron chi connectivity index (χ0n) is 16.7. The second-order valence-corrected chi connectivity index (χ2v) is 7.27. The maximum Gasteiger partial charge on any atom is 0.420 e. The number of allylic oxidation sites excluding steroid dienone is 4. The molecule has 1 amide bonds. The molecule has 0 fully saturated rings. The lowest BCUT2D eigenvalue weighted by atomic mass is 10.0. The van der Waals surface area contributed by atoms with Crippen LogP contribution in [-0.4, -0.2) is 45.7 Å². The highest BCUT2D eigenvalue weighted by Crippen LogP contribution is 2.30. The number of nitrogens with zero attached hydrogens (tertiary/aromatic N) is 2. The molecule has 0 saturated carbocycles. The maximum absolute atomic E-state index is 13.5. The largest absolute Gasteiger partial charge is 0.420 e. The summed E-state index contributed by atoms with van der Waals surface area (Å²) < 4.78 is 41.9. The van der Waals surface area contributed by atoms with Gasteiger partial charge in [0.15, 0.2) is 5.60 Å². The van der Waals surface area contributed by atoms with E-state index in [1.807, 2.05) is 12.2 Å². The van der Waals surface area contributed by atoms with Crippen molar-refractivity contribution in [3.63, 3.8) is 0 Å². The number of carbonyl (C=O) groups is 1. The highest BCUT2D eigenvalue weighted by molar-refractivity contribution is 5.98. The van der Waals surface area contributed by atoms with Crippen LogP contribution in [-0.2, 0) is 6.54 Å². The van der Waals surface area contributed by atoms with E-state index < -0.39 is 30.8 Å². The fourth-order valence-corrected chi connectivity index (χ4v) is 3.09. The van der Waals surface area contributed by atoms with E-state index in [2.05, 4.69) is 15.7 Å². The third-order valence-corrected chi connectivity index (χ3v) is 4.93. The Hall–Kier alpha value is -3.11. The van der Waals surface area contributed by atoms with Crippen molar-refractivity contribution in [1.82, 2.24) is 20.4 Å². The van der Waals surface area contributed by atoms with Crippen molar-refractivity contribution in [2.75, 3.05) is 18.8 Å². The summed E-state index contributed by atoms with van der Waals surface area (Å²) in [5.74, 6) is -0.845. The summed E-state index contributed by atoms with van der Waals surface area (Å²) >= 11 is 0. The van der Waals surface area contributed by atoms with Gasteiger partial charge in [-0.3, -0.25) is 4.79 Å². The molecule has 0 spiro atoms. The molecule has 0 bridgehead atoms. The first-order chi connectivity index (χ1) is 14.7. The Morgan fingerprint density at radius 3 is 2.58 bits per heavy atom. The van der Waals surface area contributed by atoms with E-state index in [1.54, 1.807) is 36.4 Å². The molecule has 1 aromatic carbocycles. The molecule has 2 aromatic rings. The molecule has 1 unspecified atom stereocenters. The van der Waals surface area contributed by atoms with Crippen LogP contribution in [0.25, 0.3) is 5.70 Å². The lowest BCUT2D eigenvalue weighted by Crippen LogP contribution is -2.59. The predicted molar refractivity (Wildman–Crippen MR) is 111 cm³/mol. The minimum absolute atomic E-state index is 0.00745. The van der Waals surface area contributed by atoms with Crippen LogP contribution >= 0.6 is 0 Å². The van der Waals surface area contributed by atoms with Crippen molar-refractivity contribution in [3.05, 3.63) is 65.9 Å². The SMILES string of the molecule is Nc1c(C(=O)NCC(O)(CNCc2ccccc2)C(F)(F)F)cnn1C1=CCCC=C1. The van der Waals surface area contributed by atoms with Crippen LogP contribution in [0.5, 0.6) is 0 Å². The number of hydrogen-bond donors (Lipinski definition) is 4. The molecule has 0 radical (unpaired) electrons. The van der Waals surface area contributed by atoms with E-state index in [-0.39, 0.29) is 17.9 Å². The van der Waals surface area contributed by atoms with Crippen molar-refractivity contribution >= 4 is 17.4 Å². The molecule has 1 aliphatic rings. The average molecular weight is 435 g/mol. The zero-order valence-corrected chi connectivity index (χ0v) is 16.7. The number of halogens is 3. The van der Waals surface area contributed by atoms with Crippen LogP contribution < -0.4 is 16.4 Å². The molecule has 0 aliphatic heterocycles. The van der Waals surface area contributed by atoms with E-state index >= 15 is 0 Å². The molecule has 166 valence electrons. The number of hydrogen-bond acceptors (Lipinski definition) is 5. The molecule has 3 rings (SSSR count). The Morgan fingerprint density at radius 1 is 1.19 bits per heavy atom. The van der Waals surface area contributed by atoms with Crippen LogP contribution in [0, 0.1) is 0 Å². The Kier molecular flexibility index (Phi) is 6.81. The molecule has 31 heavy (non-hydrogen) atoms. The van der Waals surface area contributed by atoms with Crippen LogP contribution in [0.2, 0.25) is 0 Å². The maximum atomic E-state index is 13.5. The third kappa shape index (κ3) is 5.33. The van der Waals surface area contributed by atoms with E-state index in [0.29, 0.717) is 5.70 Å². The summed E-state index contributed by atoms with van der Waals surface area (Å²) in [5.41, 5.74) is 4.20. The minimum Gasteiger partial charge on any atom is -0.383 e. The van der Waals surface area contributed by atoms with Crippen LogP contribution in [0.1, 0.15) is 28.8 Å². The molecular weight excluding hydrogens is 411 g/mol. The topological polar surface area (TPSA) is 105 Å². The molecule has 0 saturated heterocycles. The van der Waals surface area contributed by atoms with Gasteiger partial charge in [-0.2, -0.15) is 18.3 Å². The van der Waals surface area contributed by atoms with Gasteiger partial charge >= 0.3 is 6.18 Å². The summed E-state index contributed by atoms with van der Waals surface area (Å²) in [6.07, 6.45) is 3.53. The summed E-state index contributed by atoms with van der Waals surface area (Å²) in [6, 6.07) is 8.81. The summed E-state index contributed by atoms with van der Waals surface area (Å²) in [7, 11) is 0. The summed E-state index contributed by atoms with van der Waals surface area (Å²) in [4.78, 5) is 12.4. The molecule has 1 atom stereocenters. The highest BCUT2D eigenvalue weighted by Gasteiger charge is 2.53. The highest BCUT2D eigenvalue weighted by atomic mass is 19.4. The van der Waals surface area contributed by atoms with Crippen molar-refractivity contribution in [2.24, 2.45) is 0 Å². The average Bonchev–Trinajstić information content (AvgIpc) is 3.14. The first-order valence-corrected chi connectivity index (χ1v) is 9.74. The number of anilines is 1. The first kappa shape index (κ1) is 22.6. The van der Waals surface area contributed by atoms with Gasteiger partial charge in [0.1, 0.15) is 11.4 Å². The Labute approximate surface area is 177 Å². The third-order valence-electron chi connectivity index (χ3n) is 4.93. The van der Waals surface area contributed by atoms with Crippen LogP contribution in [0.3, 0.4) is 0 Å². The standard InChI is InChI=1S/C21H24F3N5O2/c22-21(23,24)20(31,13-26-11-15-7-3-1-4-8-15)14-27-19(30)17-12-28-29(18(17)25)16-9-5-2-6-10-16/h1,3-5,7-10,12,26,31H,2,6,11,13-14,25H2,(H,27,30). The fourth-order valence-electron chi connectivity index (χ4n) is 3.09. The number of nitrogen functional groups attached to an aromatic ring is 1. The van der Waals surface area contributed by atoms with Crippen LogP contribution in [0.4, 0.5) is 19.0 Å². The Balaban J connectivity index is 1.64. The first-order valence-electron chi connectivity index (χ1n) is 9.74. The quantitative estimate of drug-likeness (QED) is 0.510. The number of aromatic nitrogens is 2. The van der Waals surface area contributed by atoms with E-state index in [0.717, 1.165) is 18.4 Å². The molecule has 1 aliphatic carbocycles. The van der Waals surface area contributed by atoms with Gasteiger partial charge in [0, 0.05) is 13.1 Å². The lowest BCUT2D eigenvalue weighted by Gasteiger charge is -2.31. The van der Waals surface area contributed by atoms with Crippen LogP contribution in [0.15, 0.2) is 54.8 Å². The van der Waals surface area contributed by atoms with E-state index in [1.165, 1.54) is 10.9 Å². The number of alkyl halides is 3. The molecule has 10 heteroatoms. The smallest absolute Gasteiger partial charge is 0.383 e. The van der Waals surface area contributed by atoms with Gasteiger partial charge in [0.05, 0.1) is 18.4 Å². The molecule has 7 nitrogen and oxygen atoms in total. The number of benzene rings is 1. The number of aliphatic hydroxyl groups is 1. The van der Waals surface area contributed by atoms with E-state index in [9.17, 15) is 23.1 Å². The number of carbonyl (C=O) groups excluding carboxylic acids is 1. The molecular formula is C21H24F3N5O2. The number of rotatable bonds is 8. The second-order valence-electron chi connectivity index (χ2n) is 7.27. The van der Waals surface area contributed by atoms with Gasteiger partial charge < -0.3 is 21.5 Å². The van der Waals surface area contributed by atoms with Gasteiger partial charge in [-0.1, -0.05) is 42.5 Å². The van der Waals surface area contributed by atoms with Gasteiger partial charge in [-0.25, -0.2) is 4.68 Å². The van der Waals surface area contributed by atoms with Gasteiger partial charge in [0.25, 0.3) is 5.91 Å². The molecule has 1 aromatic heterocycles. The minimum atomic E-state index is -4.96. The molecule has 1 heterocycles. The van der Waals surface area contributed by atoms with Crippen molar-refractivity contribution in [3.8, 4) is 0 Å². The van der Waals surface area contributed by atoms with Gasteiger partial charge in [-0.05, 0) is 24.5 Å². The number of nitrogens with one attached hydrogen (secondary N) is 2. The van der Waals surface area contributed by atoms with Gasteiger partial charge in [0.2, 0.25) is 0 Å². The monoisotopic (exact) mass is 435 g/mol. The second kappa shape index (κ2) is 9.36. The fraction of sp³-hybridized carbons (Fsp3) is 0.333. The zero-order chi connectivity index (χ0) is 22.5. The van der Waals surface area contributed by atoms with Crippen molar-refractivity contribution < 1.29 is 23.1 Å². The lowest BCUT2D eigenvalue weighted by molar-refractivity contribution is -0.255. The Morgan fingerprint density at radius 2 is 1.94 bits per heavy atom. The van der Waals surface area contributed by atoms with Gasteiger partial charge in [-0.15, -0.1) is 0 Å². The number of nitrogens with two attached hydrogens (primary N) is 1. The summed E-state index contributed by atoms with van der Waals surface area (Å²) in [5, 5.41) is 19.0. The number of amides is 1. The Bertz CT molecular complexity index is 969. The van der Waals surface area contributed by atoms with E-state index in [4.69, 9.17) is 5.73 Å². The summed E-state index contributed by atoms with van der Waals surface area (Å²) in [6.45, 7) is -1.70. The predicted octanol–water partition coefficient (Wildman–Crippen LogP) is 2.47. The normalized spacial score (nSPS) is 15.9. The molecule has 5 N–H and O–H groups in total.